The van der Waals surface area contributed by atoms with Crippen LogP contribution < -0.4 is 4.90 Å². The van der Waals surface area contributed by atoms with Gasteiger partial charge in [-0.05, 0) is 12.1 Å². The Labute approximate surface area is 97.8 Å². The van der Waals surface area contributed by atoms with Crippen molar-refractivity contribution in [3.05, 3.63) is 24.0 Å². The maximum atomic E-state index is 11.6. The van der Waals surface area contributed by atoms with Gasteiger partial charge in [0.2, 0.25) is 5.91 Å². The molecule has 0 saturated carbocycles. The van der Waals surface area contributed by atoms with Crippen molar-refractivity contribution in [2.45, 2.75) is 12.5 Å². The van der Waals surface area contributed by atoms with Gasteiger partial charge in [-0.3, -0.25) is 4.79 Å². The quantitative estimate of drug-likeness (QED) is 0.729. The van der Waals surface area contributed by atoms with E-state index >= 15 is 0 Å². The van der Waals surface area contributed by atoms with Crippen molar-refractivity contribution in [3.8, 4) is 0 Å². The lowest BCUT2D eigenvalue weighted by Gasteiger charge is -2.15. The van der Waals surface area contributed by atoms with E-state index < -0.39 is 12.1 Å². The topological polar surface area (TPSA) is 79.7 Å². The molecule has 6 heteroatoms. The Morgan fingerprint density at radius 2 is 2.41 bits per heavy atom. The number of carbonyl (C=O) groups is 2. The fourth-order valence-electron chi connectivity index (χ4n) is 1.74. The predicted molar refractivity (Wildman–Crippen MR) is 58.6 cm³/mol. The first-order valence-electron chi connectivity index (χ1n) is 5.14. The van der Waals surface area contributed by atoms with E-state index in [0.717, 1.165) is 0 Å². The summed E-state index contributed by atoms with van der Waals surface area (Å²) in [5.41, 5.74) is 0.682. The fraction of sp³-hybridized carbons (Fsp3) is 0.364. The fourth-order valence-corrected chi connectivity index (χ4v) is 1.74. The number of pyridine rings is 1. The average molecular weight is 236 g/mol. The van der Waals surface area contributed by atoms with Crippen LogP contribution >= 0.6 is 0 Å². The number of nitrogens with zero attached hydrogens (tertiary/aromatic N) is 2. The number of aliphatic hydroxyl groups excluding tert-OH is 1. The molecule has 0 spiro atoms. The number of anilines is 1. The van der Waals surface area contributed by atoms with Crippen molar-refractivity contribution in [2.24, 2.45) is 0 Å². The first kappa shape index (κ1) is 11.5. The van der Waals surface area contributed by atoms with E-state index in [9.17, 15) is 14.7 Å². The van der Waals surface area contributed by atoms with Crippen LogP contribution in [-0.2, 0) is 9.53 Å². The van der Waals surface area contributed by atoms with Gasteiger partial charge in [0.1, 0.15) is 5.69 Å². The number of carbonyl (C=O) groups excluding carboxylic acids is 2. The number of aromatic nitrogens is 1. The van der Waals surface area contributed by atoms with Gasteiger partial charge < -0.3 is 14.7 Å². The van der Waals surface area contributed by atoms with Crippen LogP contribution in [0.5, 0.6) is 0 Å². The molecule has 1 aliphatic rings. The summed E-state index contributed by atoms with van der Waals surface area (Å²) in [6, 6.07) is 3.09. The number of methoxy groups -OCH3 is 1. The number of hydrogen-bond acceptors (Lipinski definition) is 5. The van der Waals surface area contributed by atoms with Crippen molar-refractivity contribution in [2.75, 3.05) is 18.6 Å². The van der Waals surface area contributed by atoms with Gasteiger partial charge in [-0.15, -0.1) is 0 Å². The Morgan fingerprint density at radius 1 is 1.65 bits per heavy atom. The van der Waals surface area contributed by atoms with Crippen molar-refractivity contribution >= 4 is 17.6 Å². The number of amides is 1. The molecule has 0 aromatic carbocycles. The molecule has 17 heavy (non-hydrogen) atoms. The normalized spacial score (nSPS) is 19.5. The standard InChI is InChI=1S/C11H12N2O4/c1-17-11(16)9-4-7(2-3-12-9)13-6-8(14)5-10(13)15/h2-4,8,14H,5-6H2,1H3. The second-order valence-corrected chi connectivity index (χ2v) is 3.75. The molecule has 90 valence electrons. The van der Waals surface area contributed by atoms with Gasteiger partial charge in [0.05, 0.1) is 26.2 Å². The molecular formula is C11H12N2O4. The monoisotopic (exact) mass is 236 g/mol. The van der Waals surface area contributed by atoms with E-state index in [4.69, 9.17) is 0 Å². The van der Waals surface area contributed by atoms with Crippen molar-refractivity contribution < 1.29 is 19.4 Å². The molecule has 0 aliphatic carbocycles. The zero-order valence-corrected chi connectivity index (χ0v) is 9.29. The highest BCUT2D eigenvalue weighted by Gasteiger charge is 2.29. The van der Waals surface area contributed by atoms with Crippen LogP contribution in [0.25, 0.3) is 0 Å². The molecule has 1 aromatic heterocycles. The Bertz CT molecular complexity index is 461. The van der Waals surface area contributed by atoms with E-state index in [-0.39, 0.29) is 24.6 Å². The summed E-state index contributed by atoms with van der Waals surface area (Å²) < 4.78 is 4.55. The lowest BCUT2D eigenvalue weighted by molar-refractivity contribution is -0.117. The first-order valence-corrected chi connectivity index (χ1v) is 5.14. The molecule has 1 N–H and O–H groups in total. The molecule has 0 radical (unpaired) electrons. The average Bonchev–Trinajstić information content (AvgIpc) is 2.67. The van der Waals surface area contributed by atoms with Gasteiger partial charge in [-0.1, -0.05) is 0 Å². The Morgan fingerprint density at radius 3 is 3.00 bits per heavy atom. The van der Waals surface area contributed by atoms with E-state index in [0.29, 0.717) is 5.69 Å². The predicted octanol–water partition coefficient (Wildman–Crippen LogP) is -0.0342. The Balaban J connectivity index is 2.27. The second-order valence-electron chi connectivity index (χ2n) is 3.75. The van der Waals surface area contributed by atoms with Gasteiger partial charge in [-0.2, -0.15) is 0 Å². The van der Waals surface area contributed by atoms with Gasteiger partial charge in [-0.25, -0.2) is 9.78 Å². The number of ether oxygens (including phenoxy) is 1. The molecule has 2 heterocycles. The SMILES string of the molecule is COC(=O)c1cc(N2CC(O)CC2=O)ccn1. The van der Waals surface area contributed by atoms with E-state index in [1.54, 1.807) is 6.07 Å². The molecule has 6 nitrogen and oxygen atoms in total. The smallest absolute Gasteiger partial charge is 0.356 e. The van der Waals surface area contributed by atoms with E-state index in [2.05, 4.69) is 9.72 Å². The summed E-state index contributed by atoms with van der Waals surface area (Å²) in [5, 5.41) is 9.39. The molecule has 1 aliphatic heterocycles. The zero-order valence-electron chi connectivity index (χ0n) is 9.29. The van der Waals surface area contributed by atoms with Crippen LogP contribution in [0.1, 0.15) is 16.9 Å². The lowest BCUT2D eigenvalue weighted by atomic mass is 10.3. The maximum absolute atomic E-state index is 11.6. The molecule has 1 fully saturated rings. The molecular weight excluding hydrogens is 224 g/mol. The molecule has 0 bridgehead atoms. The highest BCUT2D eigenvalue weighted by molar-refractivity contribution is 5.97. The number of rotatable bonds is 2. The summed E-state index contributed by atoms with van der Waals surface area (Å²) in [6.45, 7) is 0.240. The van der Waals surface area contributed by atoms with Crippen LogP contribution in [0.15, 0.2) is 18.3 Å². The summed E-state index contributed by atoms with van der Waals surface area (Å²) in [6.07, 6.45) is 0.882. The van der Waals surface area contributed by atoms with Gasteiger partial charge in [0.25, 0.3) is 0 Å². The highest BCUT2D eigenvalue weighted by atomic mass is 16.5. The largest absolute Gasteiger partial charge is 0.464 e. The van der Waals surface area contributed by atoms with Crippen LogP contribution in [0, 0.1) is 0 Å². The third-order valence-corrected chi connectivity index (χ3v) is 2.55. The zero-order chi connectivity index (χ0) is 12.4. The van der Waals surface area contributed by atoms with Crippen molar-refractivity contribution in [1.29, 1.82) is 0 Å². The minimum Gasteiger partial charge on any atom is -0.464 e. The minimum atomic E-state index is -0.655. The van der Waals surface area contributed by atoms with Gasteiger partial charge >= 0.3 is 5.97 Å². The number of aliphatic hydroxyl groups is 1. The summed E-state index contributed by atoms with van der Waals surface area (Å²) in [5.74, 6) is -0.724. The summed E-state index contributed by atoms with van der Waals surface area (Å²) in [4.78, 5) is 28.1. The van der Waals surface area contributed by atoms with Crippen LogP contribution in [0.2, 0.25) is 0 Å². The second kappa shape index (κ2) is 4.50. The Hall–Kier alpha value is -1.95. The van der Waals surface area contributed by atoms with Crippen LogP contribution in [0.3, 0.4) is 0 Å². The molecule has 1 amide bonds. The molecule has 1 atom stereocenters. The third-order valence-electron chi connectivity index (χ3n) is 2.55. The van der Waals surface area contributed by atoms with E-state index in [1.807, 2.05) is 0 Å². The van der Waals surface area contributed by atoms with Crippen molar-refractivity contribution in [1.82, 2.24) is 4.98 Å². The maximum Gasteiger partial charge on any atom is 0.356 e. The minimum absolute atomic E-state index is 0.107. The van der Waals surface area contributed by atoms with Gasteiger partial charge in [0, 0.05) is 11.9 Å². The van der Waals surface area contributed by atoms with Crippen LogP contribution in [0.4, 0.5) is 5.69 Å². The number of esters is 1. The molecule has 2 rings (SSSR count). The highest BCUT2D eigenvalue weighted by Crippen LogP contribution is 2.21. The van der Waals surface area contributed by atoms with Crippen LogP contribution in [-0.4, -0.2) is 41.7 Å². The number of hydrogen-bond donors (Lipinski definition) is 1. The lowest BCUT2D eigenvalue weighted by Crippen LogP contribution is -2.25. The molecule has 1 unspecified atom stereocenters. The van der Waals surface area contributed by atoms with Crippen molar-refractivity contribution in [3.63, 3.8) is 0 Å². The third kappa shape index (κ3) is 2.26. The molecule has 1 aromatic rings. The van der Waals surface area contributed by atoms with E-state index in [1.165, 1.54) is 24.3 Å². The number of β-amino-alcohol motifs (C(OH)–C–C–N with tert-alkyl or cyclic N) is 1. The Kier molecular flexibility index (Phi) is 3.06. The molecule has 1 saturated heterocycles. The summed E-state index contributed by atoms with van der Waals surface area (Å²) >= 11 is 0. The summed E-state index contributed by atoms with van der Waals surface area (Å²) in [7, 11) is 1.27. The first-order chi connectivity index (χ1) is 8.11. The van der Waals surface area contributed by atoms with Gasteiger partial charge in [0.15, 0.2) is 0 Å².